The number of nitrogens with two attached hydrogens (primary N) is 1. The van der Waals surface area contributed by atoms with Crippen molar-refractivity contribution in [2.24, 2.45) is 10.8 Å². The zero-order chi connectivity index (χ0) is 22.6. The third-order valence-corrected chi connectivity index (χ3v) is 4.44. The molecule has 8 heteroatoms. The molecule has 0 spiro atoms. The molecule has 2 aromatic carbocycles. The van der Waals surface area contributed by atoms with E-state index >= 15 is 0 Å². The fourth-order valence-electron chi connectivity index (χ4n) is 2.89. The molecular weight excluding hydrogens is 398 g/mol. The van der Waals surface area contributed by atoms with E-state index in [4.69, 9.17) is 19.9 Å². The Labute approximate surface area is 182 Å². The molecule has 166 valence electrons. The van der Waals surface area contributed by atoms with Crippen LogP contribution in [0.25, 0.3) is 0 Å². The first-order valence-corrected chi connectivity index (χ1v) is 10.1. The second-order valence-corrected chi connectivity index (χ2v) is 6.83. The molecule has 2 aromatic rings. The molecule has 0 aliphatic heterocycles. The Balaban J connectivity index is 1.84. The van der Waals surface area contributed by atoms with E-state index < -0.39 is 5.91 Å². The minimum atomic E-state index is -0.571. The van der Waals surface area contributed by atoms with Crippen LogP contribution in [0, 0.1) is 6.92 Å². The number of primary amides is 1. The average Bonchev–Trinajstić information content (AvgIpc) is 2.74. The van der Waals surface area contributed by atoms with Gasteiger partial charge in [-0.25, -0.2) is 5.43 Å². The molecule has 8 nitrogen and oxygen atoms in total. The van der Waals surface area contributed by atoms with Gasteiger partial charge in [-0.15, -0.1) is 0 Å². The van der Waals surface area contributed by atoms with E-state index in [-0.39, 0.29) is 12.5 Å². The SMILES string of the molecule is CCOc1cc(/C=N\NC(=O)CCCc2ccc(OC)cc2C)ccc1OCC(N)=O. The molecule has 0 heterocycles. The molecule has 2 amide bonds. The van der Waals surface area contributed by atoms with Crippen LogP contribution in [-0.2, 0) is 16.0 Å². The number of methoxy groups -OCH3 is 1. The third kappa shape index (κ3) is 8.00. The summed E-state index contributed by atoms with van der Waals surface area (Å²) in [5, 5.41) is 4.00. The highest BCUT2D eigenvalue weighted by atomic mass is 16.5. The molecule has 0 aliphatic rings. The highest BCUT2D eigenvalue weighted by Crippen LogP contribution is 2.28. The number of carbonyl (C=O) groups excluding carboxylic acids is 2. The number of nitrogens with one attached hydrogen (secondary N) is 1. The maximum absolute atomic E-state index is 12.0. The van der Waals surface area contributed by atoms with Crippen LogP contribution in [0.4, 0.5) is 0 Å². The van der Waals surface area contributed by atoms with Crippen LogP contribution in [0.15, 0.2) is 41.5 Å². The number of rotatable bonds is 12. The van der Waals surface area contributed by atoms with E-state index in [1.54, 1.807) is 25.3 Å². The maximum Gasteiger partial charge on any atom is 0.255 e. The van der Waals surface area contributed by atoms with E-state index in [1.807, 2.05) is 32.0 Å². The van der Waals surface area contributed by atoms with E-state index in [0.717, 1.165) is 24.2 Å². The Hall–Kier alpha value is -3.55. The summed E-state index contributed by atoms with van der Waals surface area (Å²) >= 11 is 0. The van der Waals surface area contributed by atoms with Crippen LogP contribution in [0.2, 0.25) is 0 Å². The predicted molar refractivity (Wildman–Crippen MR) is 119 cm³/mol. The number of hydrogen-bond acceptors (Lipinski definition) is 6. The molecule has 31 heavy (non-hydrogen) atoms. The zero-order valence-corrected chi connectivity index (χ0v) is 18.1. The van der Waals surface area contributed by atoms with Gasteiger partial charge >= 0.3 is 0 Å². The minimum Gasteiger partial charge on any atom is -0.497 e. The molecule has 0 radical (unpaired) electrons. The molecule has 0 bridgehead atoms. The summed E-state index contributed by atoms with van der Waals surface area (Å²) in [6.45, 7) is 4.06. The van der Waals surface area contributed by atoms with Gasteiger partial charge in [0.25, 0.3) is 5.91 Å². The summed E-state index contributed by atoms with van der Waals surface area (Å²) in [4.78, 5) is 23.0. The second kappa shape index (κ2) is 12.2. The summed E-state index contributed by atoms with van der Waals surface area (Å²) in [5.41, 5.74) is 10.7. The van der Waals surface area contributed by atoms with Gasteiger partial charge in [0.15, 0.2) is 18.1 Å². The molecule has 0 saturated carbocycles. The van der Waals surface area contributed by atoms with E-state index in [1.165, 1.54) is 11.8 Å². The van der Waals surface area contributed by atoms with Gasteiger partial charge in [0.05, 0.1) is 19.9 Å². The number of carbonyl (C=O) groups is 2. The van der Waals surface area contributed by atoms with Crippen LogP contribution in [0.1, 0.15) is 36.5 Å². The lowest BCUT2D eigenvalue weighted by Gasteiger charge is -2.11. The van der Waals surface area contributed by atoms with Crippen molar-refractivity contribution >= 4 is 18.0 Å². The minimum absolute atomic E-state index is 0.158. The number of aryl methyl sites for hydroxylation is 2. The van der Waals surface area contributed by atoms with E-state index in [0.29, 0.717) is 30.1 Å². The Kier molecular flexibility index (Phi) is 9.35. The van der Waals surface area contributed by atoms with Crippen molar-refractivity contribution in [1.29, 1.82) is 0 Å². The molecular formula is C23H29N3O5. The second-order valence-electron chi connectivity index (χ2n) is 6.83. The Bertz CT molecular complexity index is 927. The number of hydrogen-bond donors (Lipinski definition) is 2. The predicted octanol–water partition coefficient (Wildman–Crippen LogP) is 2.74. The highest BCUT2D eigenvalue weighted by Gasteiger charge is 2.08. The molecule has 0 aromatic heterocycles. The lowest BCUT2D eigenvalue weighted by molar-refractivity contribution is -0.121. The fourth-order valence-corrected chi connectivity index (χ4v) is 2.89. The fraction of sp³-hybridized carbons (Fsp3) is 0.348. The van der Waals surface area contributed by atoms with Gasteiger partial charge < -0.3 is 19.9 Å². The van der Waals surface area contributed by atoms with Gasteiger partial charge in [-0.1, -0.05) is 6.07 Å². The first-order valence-electron chi connectivity index (χ1n) is 10.1. The van der Waals surface area contributed by atoms with Crippen molar-refractivity contribution in [3.63, 3.8) is 0 Å². The summed E-state index contributed by atoms with van der Waals surface area (Å²) < 4.78 is 16.1. The van der Waals surface area contributed by atoms with Gasteiger partial charge in [0.1, 0.15) is 5.75 Å². The quantitative estimate of drug-likeness (QED) is 0.400. The number of ether oxygens (including phenoxy) is 3. The number of nitrogens with zero attached hydrogens (tertiary/aromatic N) is 1. The van der Waals surface area contributed by atoms with Crippen molar-refractivity contribution in [1.82, 2.24) is 5.43 Å². The molecule has 3 N–H and O–H groups in total. The van der Waals surface area contributed by atoms with Crippen molar-refractivity contribution in [2.75, 3.05) is 20.3 Å². The Morgan fingerprint density at radius 2 is 1.94 bits per heavy atom. The van der Waals surface area contributed by atoms with Gasteiger partial charge in [0, 0.05) is 6.42 Å². The van der Waals surface area contributed by atoms with Gasteiger partial charge in [-0.2, -0.15) is 5.10 Å². The number of benzene rings is 2. The van der Waals surface area contributed by atoms with E-state index in [2.05, 4.69) is 10.5 Å². The van der Waals surface area contributed by atoms with Crippen molar-refractivity contribution in [2.45, 2.75) is 33.1 Å². The van der Waals surface area contributed by atoms with Crippen LogP contribution < -0.4 is 25.4 Å². The molecule has 0 fully saturated rings. The standard InChI is InChI=1S/C23H29N3O5/c1-4-30-21-13-17(8-11-20(21)31-15-22(24)27)14-25-26-23(28)7-5-6-18-9-10-19(29-3)12-16(18)2/h8-14H,4-7,15H2,1-3H3,(H2,24,27)(H,26,28)/b25-14-. The van der Waals surface area contributed by atoms with Gasteiger partial charge in [-0.3, -0.25) is 9.59 Å². The van der Waals surface area contributed by atoms with Crippen molar-refractivity contribution in [3.05, 3.63) is 53.1 Å². The molecule has 2 rings (SSSR count). The average molecular weight is 428 g/mol. The topological polar surface area (TPSA) is 112 Å². The lowest BCUT2D eigenvalue weighted by Crippen LogP contribution is -2.20. The van der Waals surface area contributed by atoms with Crippen LogP contribution in [0.5, 0.6) is 17.2 Å². The molecule has 0 atom stereocenters. The van der Waals surface area contributed by atoms with Crippen LogP contribution in [0.3, 0.4) is 0 Å². The Morgan fingerprint density at radius 1 is 1.13 bits per heavy atom. The molecule has 0 unspecified atom stereocenters. The number of amides is 2. The first kappa shape index (κ1) is 23.7. The molecule has 0 aliphatic carbocycles. The van der Waals surface area contributed by atoms with E-state index in [9.17, 15) is 9.59 Å². The summed E-state index contributed by atoms with van der Waals surface area (Å²) in [7, 11) is 1.64. The normalized spacial score (nSPS) is 10.7. The van der Waals surface area contributed by atoms with Gasteiger partial charge in [-0.05, 0) is 73.7 Å². The van der Waals surface area contributed by atoms with Crippen LogP contribution >= 0.6 is 0 Å². The lowest BCUT2D eigenvalue weighted by atomic mass is 10.0. The number of hydrazone groups is 1. The zero-order valence-electron chi connectivity index (χ0n) is 18.1. The van der Waals surface area contributed by atoms with Gasteiger partial charge in [0.2, 0.25) is 5.91 Å². The molecule has 0 saturated heterocycles. The van der Waals surface area contributed by atoms with Crippen molar-refractivity contribution in [3.8, 4) is 17.2 Å². The third-order valence-electron chi connectivity index (χ3n) is 4.44. The largest absolute Gasteiger partial charge is 0.497 e. The summed E-state index contributed by atoms with van der Waals surface area (Å²) in [5.74, 6) is 0.977. The maximum atomic E-state index is 12.0. The highest BCUT2D eigenvalue weighted by molar-refractivity contribution is 5.83. The summed E-state index contributed by atoms with van der Waals surface area (Å²) in [6, 6.07) is 11.0. The first-order chi connectivity index (χ1) is 14.9. The smallest absolute Gasteiger partial charge is 0.255 e. The van der Waals surface area contributed by atoms with Crippen LogP contribution in [-0.4, -0.2) is 38.4 Å². The van der Waals surface area contributed by atoms with Crippen molar-refractivity contribution < 1.29 is 23.8 Å². The summed E-state index contributed by atoms with van der Waals surface area (Å²) in [6.07, 6.45) is 3.41. The Morgan fingerprint density at radius 3 is 2.61 bits per heavy atom. The monoisotopic (exact) mass is 427 g/mol.